The van der Waals surface area contributed by atoms with Crippen LogP contribution in [-0.2, 0) is 0 Å². The van der Waals surface area contributed by atoms with E-state index in [-0.39, 0.29) is 18.1 Å². The topological polar surface area (TPSA) is 52.5 Å². The van der Waals surface area contributed by atoms with Gasteiger partial charge in [0.2, 0.25) is 0 Å². The molecule has 0 radical (unpaired) electrons. The summed E-state index contributed by atoms with van der Waals surface area (Å²) in [5.74, 6) is 0. The molecule has 0 aromatic heterocycles. The van der Waals surface area contributed by atoms with Gasteiger partial charge < -0.3 is 15.5 Å². The first-order valence-corrected chi connectivity index (χ1v) is 5.89. The fraction of sp³-hybridized carbons (Fsp3) is 1.00. The third kappa shape index (κ3) is 8.85. The minimum Gasteiger partial charge on any atom is -0.396 e. The van der Waals surface area contributed by atoms with Crippen molar-refractivity contribution in [3.63, 3.8) is 0 Å². The summed E-state index contributed by atoms with van der Waals surface area (Å²) in [5, 5.41) is 21.5. The van der Waals surface area contributed by atoms with Gasteiger partial charge in [0.15, 0.2) is 0 Å². The SMILES string of the molecule is CC(O)CC(C)(C)CNC(C)CCCO. The van der Waals surface area contributed by atoms with Crippen molar-refractivity contribution >= 4 is 0 Å². The summed E-state index contributed by atoms with van der Waals surface area (Å²) in [7, 11) is 0. The van der Waals surface area contributed by atoms with E-state index >= 15 is 0 Å². The van der Waals surface area contributed by atoms with Crippen LogP contribution < -0.4 is 5.32 Å². The van der Waals surface area contributed by atoms with Gasteiger partial charge in [0, 0.05) is 19.2 Å². The van der Waals surface area contributed by atoms with Crippen molar-refractivity contribution in [2.75, 3.05) is 13.2 Å². The zero-order valence-electron chi connectivity index (χ0n) is 10.6. The first-order valence-electron chi connectivity index (χ1n) is 5.89. The Balaban J connectivity index is 3.71. The Morgan fingerprint density at radius 2 is 1.87 bits per heavy atom. The van der Waals surface area contributed by atoms with Gasteiger partial charge in [0.05, 0.1) is 6.10 Å². The Labute approximate surface area is 93.9 Å². The molecule has 3 N–H and O–H groups in total. The van der Waals surface area contributed by atoms with Crippen LogP contribution in [0.4, 0.5) is 0 Å². The number of hydrogen-bond acceptors (Lipinski definition) is 3. The highest BCUT2D eigenvalue weighted by Gasteiger charge is 2.20. The van der Waals surface area contributed by atoms with Gasteiger partial charge in [0.1, 0.15) is 0 Å². The molecule has 0 heterocycles. The molecule has 3 heteroatoms. The van der Waals surface area contributed by atoms with Crippen LogP contribution in [0.5, 0.6) is 0 Å². The molecule has 2 atom stereocenters. The maximum absolute atomic E-state index is 9.33. The van der Waals surface area contributed by atoms with Crippen LogP contribution in [0.1, 0.15) is 47.0 Å². The maximum atomic E-state index is 9.33. The lowest BCUT2D eigenvalue weighted by molar-refractivity contribution is 0.126. The van der Waals surface area contributed by atoms with Gasteiger partial charge in [0.25, 0.3) is 0 Å². The van der Waals surface area contributed by atoms with Gasteiger partial charge in [-0.3, -0.25) is 0 Å². The summed E-state index contributed by atoms with van der Waals surface area (Å²) >= 11 is 0. The maximum Gasteiger partial charge on any atom is 0.0517 e. The largest absolute Gasteiger partial charge is 0.396 e. The molecule has 0 spiro atoms. The van der Waals surface area contributed by atoms with Gasteiger partial charge in [-0.2, -0.15) is 0 Å². The molecule has 3 nitrogen and oxygen atoms in total. The van der Waals surface area contributed by atoms with Crippen LogP contribution in [0, 0.1) is 5.41 Å². The Bertz CT molecular complexity index is 158. The van der Waals surface area contributed by atoms with Gasteiger partial charge in [-0.05, 0) is 38.5 Å². The van der Waals surface area contributed by atoms with Crippen molar-refractivity contribution in [3.05, 3.63) is 0 Å². The number of aliphatic hydroxyl groups excluding tert-OH is 2. The van der Waals surface area contributed by atoms with Crippen LogP contribution >= 0.6 is 0 Å². The normalized spacial score (nSPS) is 16.4. The van der Waals surface area contributed by atoms with E-state index < -0.39 is 0 Å². The van der Waals surface area contributed by atoms with Crippen LogP contribution in [0.15, 0.2) is 0 Å². The van der Waals surface area contributed by atoms with Crippen molar-refractivity contribution in [2.24, 2.45) is 5.41 Å². The molecule has 0 saturated heterocycles. The van der Waals surface area contributed by atoms with Crippen molar-refractivity contribution in [1.82, 2.24) is 5.32 Å². The van der Waals surface area contributed by atoms with E-state index in [9.17, 15) is 5.11 Å². The molecular weight excluding hydrogens is 190 g/mol. The third-order valence-electron chi connectivity index (χ3n) is 2.57. The smallest absolute Gasteiger partial charge is 0.0517 e. The molecule has 0 saturated carbocycles. The molecular formula is C12H27NO2. The van der Waals surface area contributed by atoms with Crippen LogP contribution in [0.2, 0.25) is 0 Å². The molecule has 2 unspecified atom stereocenters. The summed E-state index contributed by atoms with van der Waals surface area (Å²) < 4.78 is 0. The fourth-order valence-corrected chi connectivity index (χ4v) is 1.82. The van der Waals surface area contributed by atoms with Crippen LogP contribution in [-0.4, -0.2) is 35.5 Å². The quantitative estimate of drug-likeness (QED) is 0.578. The molecule has 92 valence electrons. The standard InChI is InChI=1S/C12H27NO2/c1-10(6-5-7-14)13-9-12(3,4)8-11(2)15/h10-11,13-15H,5-9H2,1-4H3. The molecule has 0 amide bonds. The molecule has 0 aliphatic rings. The Kier molecular flexibility index (Phi) is 7.14. The van der Waals surface area contributed by atoms with Crippen molar-refractivity contribution in [3.8, 4) is 0 Å². The zero-order valence-corrected chi connectivity index (χ0v) is 10.6. The van der Waals surface area contributed by atoms with E-state index in [4.69, 9.17) is 5.11 Å². The third-order valence-corrected chi connectivity index (χ3v) is 2.57. The highest BCUT2D eigenvalue weighted by Crippen LogP contribution is 2.21. The van der Waals surface area contributed by atoms with Crippen molar-refractivity contribution < 1.29 is 10.2 Å². The first kappa shape index (κ1) is 14.9. The lowest BCUT2D eigenvalue weighted by Crippen LogP contribution is -2.37. The van der Waals surface area contributed by atoms with Gasteiger partial charge >= 0.3 is 0 Å². The second-order valence-electron chi connectivity index (χ2n) is 5.37. The summed E-state index contributed by atoms with van der Waals surface area (Å²) in [4.78, 5) is 0. The minimum atomic E-state index is -0.241. The lowest BCUT2D eigenvalue weighted by Gasteiger charge is -2.28. The molecule has 0 aromatic carbocycles. The Morgan fingerprint density at radius 1 is 1.27 bits per heavy atom. The lowest BCUT2D eigenvalue weighted by atomic mass is 9.86. The minimum absolute atomic E-state index is 0.127. The zero-order chi connectivity index (χ0) is 11.9. The summed E-state index contributed by atoms with van der Waals surface area (Å²) in [6.07, 6.45) is 2.42. The highest BCUT2D eigenvalue weighted by atomic mass is 16.3. The molecule has 15 heavy (non-hydrogen) atoms. The summed E-state index contributed by atoms with van der Waals surface area (Å²) in [6, 6.07) is 0.436. The predicted octanol–water partition coefficient (Wildman–Crippen LogP) is 1.53. The van der Waals surface area contributed by atoms with E-state index in [1.165, 1.54) is 0 Å². The number of hydrogen-bond donors (Lipinski definition) is 3. The van der Waals surface area contributed by atoms with E-state index in [1.54, 1.807) is 0 Å². The first-order chi connectivity index (χ1) is 6.87. The van der Waals surface area contributed by atoms with Gasteiger partial charge in [-0.15, -0.1) is 0 Å². The second-order valence-corrected chi connectivity index (χ2v) is 5.37. The summed E-state index contributed by atoms with van der Waals surface area (Å²) in [6.45, 7) is 9.45. The Hall–Kier alpha value is -0.120. The second kappa shape index (κ2) is 7.20. The average Bonchev–Trinajstić information content (AvgIpc) is 2.09. The van der Waals surface area contributed by atoms with E-state index in [1.807, 2.05) is 6.92 Å². The van der Waals surface area contributed by atoms with Gasteiger partial charge in [-0.1, -0.05) is 13.8 Å². The highest BCUT2D eigenvalue weighted by molar-refractivity contribution is 4.75. The van der Waals surface area contributed by atoms with Crippen molar-refractivity contribution in [2.45, 2.75) is 59.1 Å². The average molecular weight is 217 g/mol. The number of aliphatic hydroxyl groups is 2. The predicted molar refractivity (Wildman–Crippen MR) is 63.9 cm³/mol. The number of nitrogens with one attached hydrogen (secondary N) is 1. The molecule has 0 aromatic rings. The van der Waals surface area contributed by atoms with Gasteiger partial charge in [-0.25, -0.2) is 0 Å². The molecule has 0 bridgehead atoms. The van der Waals surface area contributed by atoms with E-state index in [0.29, 0.717) is 6.04 Å². The van der Waals surface area contributed by atoms with Crippen LogP contribution in [0.3, 0.4) is 0 Å². The fourth-order valence-electron chi connectivity index (χ4n) is 1.82. The number of rotatable bonds is 8. The van der Waals surface area contributed by atoms with Crippen molar-refractivity contribution in [1.29, 1.82) is 0 Å². The monoisotopic (exact) mass is 217 g/mol. The van der Waals surface area contributed by atoms with Crippen LogP contribution in [0.25, 0.3) is 0 Å². The molecule has 0 rings (SSSR count). The molecule has 0 aliphatic carbocycles. The Morgan fingerprint density at radius 3 is 2.33 bits per heavy atom. The van der Waals surface area contributed by atoms with E-state index in [0.717, 1.165) is 25.8 Å². The molecule has 0 aliphatic heterocycles. The molecule has 0 fully saturated rings. The van der Waals surface area contributed by atoms with E-state index in [2.05, 4.69) is 26.1 Å². The summed E-state index contributed by atoms with van der Waals surface area (Å²) in [5.41, 5.74) is 0.127.